The Morgan fingerprint density at radius 1 is 1.16 bits per heavy atom. The van der Waals surface area contributed by atoms with Crippen molar-refractivity contribution in [2.75, 3.05) is 27.2 Å². The molecule has 25 heavy (non-hydrogen) atoms. The zero-order valence-corrected chi connectivity index (χ0v) is 15.7. The lowest BCUT2D eigenvalue weighted by molar-refractivity contribution is -0.142. The molecule has 0 unspecified atom stereocenters. The summed E-state index contributed by atoms with van der Waals surface area (Å²) in [4.78, 5) is 28.2. The number of hydrogen-bond donors (Lipinski definition) is 1. The van der Waals surface area contributed by atoms with E-state index in [1.165, 1.54) is 5.56 Å². The number of likely N-dealkylation sites (N-methyl/N-ethyl adjacent to an activating group) is 1. The van der Waals surface area contributed by atoms with Crippen molar-refractivity contribution >= 4 is 11.9 Å². The fraction of sp³-hybridized carbons (Fsp3) is 0.600. The molecule has 1 N–H and O–H groups in total. The van der Waals surface area contributed by atoms with Gasteiger partial charge < -0.3 is 14.9 Å². The maximum Gasteiger partial charge on any atom is 0.308 e. The third-order valence-electron chi connectivity index (χ3n) is 4.93. The van der Waals surface area contributed by atoms with Gasteiger partial charge in [-0.2, -0.15) is 0 Å². The van der Waals surface area contributed by atoms with Crippen LogP contribution in [0.3, 0.4) is 0 Å². The molecule has 0 spiro atoms. The van der Waals surface area contributed by atoms with Crippen molar-refractivity contribution in [3.63, 3.8) is 0 Å². The van der Waals surface area contributed by atoms with Gasteiger partial charge in [-0.05, 0) is 57.0 Å². The molecule has 2 atom stereocenters. The molecule has 138 valence electrons. The monoisotopic (exact) mass is 346 g/mol. The second-order valence-corrected chi connectivity index (χ2v) is 7.73. The van der Waals surface area contributed by atoms with E-state index in [1.807, 2.05) is 38.4 Å². The van der Waals surface area contributed by atoms with Crippen LogP contribution in [0.4, 0.5) is 0 Å². The van der Waals surface area contributed by atoms with Gasteiger partial charge in [0.1, 0.15) is 0 Å². The van der Waals surface area contributed by atoms with E-state index < -0.39 is 11.9 Å². The van der Waals surface area contributed by atoms with Crippen LogP contribution in [0, 0.1) is 11.8 Å². The summed E-state index contributed by atoms with van der Waals surface area (Å²) in [5.41, 5.74) is 1.85. The Morgan fingerprint density at radius 3 is 2.32 bits per heavy atom. The van der Waals surface area contributed by atoms with Gasteiger partial charge in [0.15, 0.2) is 0 Å². The number of likely N-dealkylation sites (tertiary alicyclic amines) is 1. The van der Waals surface area contributed by atoms with Crippen LogP contribution >= 0.6 is 0 Å². The lowest BCUT2D eigenvalue weighted by atomic mass is 10.0. The fourth-order valence-corrected chi connectivity index (χ4v) is 3.40. The summed E-state index contributed by atoms with van der Waals surface area (Å²) in [7, 11) is 3.96. The first-order valence-corrected chi connectivity index (χ1v) is 9.05. The zero-order valence-electron chi connectivity index (χ0n) is 15.7. The van der Waals surface area contributed by atoms with E-state index in [-0.39, 0.29) is 18.5 Å². The lowest BCUT2D eigenvalue weighted by Gasteiger charge is -2.29. The van der Waals surface area contributed by atoms with Gasteiger partial charge in [0.05, 0.1) is 5.92 Å². The van der Waals surface area contributed by atoms with E-state index in [9.17, 15) is 14.7 Å². The van der Waals surface area contributed by atoms with Crippen LogP contribution in [0.25, 0.3) is 0 Å². The number of amides is 1. The van der Waals surface area contributed by atoms with Crippen molar-refractivity contribution < 1.29 is 14.7 Å². The predicted octanol–water partition coefficient (Wildman–Crippen LogP) is 2.75. The normalized spacial score (nSPS) is 21.4. The molecule has 1 heterocycles. The standard InChI is InChI=1S/C20H30N2O3/c1-14(2)11-15-5-7-16(8-6-15)19(23)22-12-17(20(24)25)9-10-18(13-22)21(3)4/h5-8,14,17-18H,9-13H2,1-4H3,(H,24,25)/t17-,18+/m0/s1. The molecular formula is C20H30N2O3. The summed E-state index contributed by atoms with van der Waals surface area (Å²) < 4.78 is 0. The molecule has 0 bridgehead atoms. The summed E-state index contributed by atoms with van der Waals surface area (Å²) in [6.07, 6.45) is 2.39. The van der Waals surface area contributed by atoms with Crippen LogP contribution in [0.15, 0.2) is 24.3 Å². The van der Waals surface area contributed by atoms with Crippen molar-refractivity contribution in [2.24, 2.45) is 11.8 Å². The minimum Gasteiger partial charge on any atom is -0.481 e. The summed E-state index contributed by atoms with van der Waals surface area (Å²) in [6, 6.07) is 7.93. The minimum atomic E-state index is -0.815. The molecule has 5 nitrogen and oxygen atoms in total. The highest BCUT2D eigenvalue weighted by Gasteiger charge is 2.31. The average molecular weight is 346 g/mol. The third kappa shape index (κ3) is 5.30. The molecule has 2 rings (SSSR count). The molecule has 1 aliphatic heterocycles. The number of carbonyl (C=O) groups is 2. The Bertz CT molecular complexity index is 595. The fourth-order valence-electron chi connectivity index (χ4n) is 3.40. The molecule has 1 aromatic rings. The van der Waals surface area contributed by atoms with Gasteiger partial charge in [0.2, 0.25) is 0 Å². The van der Waals surface area contributed by atoms with Crippen molar-refractivity contribution in [1.29, 1.82) is 0 Å². The SMILES string of the molecule is CC(C)Cc1ccc(C(=O)N2C[C@@H](C(=O)O)CC[C@@H](N(C)C)C2)cc1. The second kappa shape index (κ2) is 8.48. The Labute approximate surface area is 150 Å². The van der Waals surface area contributed by atoms with Gasteiger partial charge in [-0.25, -0.2) is 0 Å². The number of rotatable bonds is 5. The number of carboxylic acids is 1. The van der Waals surface area contributed by atoms with E-state index in [4.69, 9.17) is 0 Å². The van der Waals surface area contributed by atoms with Gasteiger partial charge in [-0.15, -0.1) is 0 Å². The van der Waals surface area contributed by atoms with Crippen LogP contribution in [0.5, 0.6) is 0 Å². The molecule has 1 aliphatic rings. The molecule has 0 aliphatic carbocycles. The number of hydrogen-bond acceptors (Lipinski definition) is 3. The average Bonchev–Trinajstić information content (AvgIpc) is 2.77. The van der Waals surface area contributed by atoms with Gasteiger partial charge in [0.25, 0.3) is 5.91 Å². The Kier molecular flexibility index (Phi) is 6.59. The van der Waals surface area contributed by atoms with Gasteiger partial charge in [-0.1, -0.05) is 26.0 Å². The lowest BCUT2D eigenvalue weighted by Crippen LogP contribution is -2.43. The van der Waals surface area contributed by atoms with Gasteiger partial charge >= 0.3 is 5.97 Å². The maximum atomic E-state index is 12.9. The molecular weight excluding hydrogens is 316 g/mol. The van der Waals surface area contributed by atoms with Crippen molar-refractivity contribution in [3.8, 4) is 0 Å². The highest BCUT2D eigenvalue weighted by Crippen LogP contribution is 2.21. The van der Waals surface area contributed by atoms with E-state index in [1.54, 1.807) is 4.90 Å². The van der Waals surface area contributed by atoms with Gasteiger partial charge in [0, 0.05) is 24.7 Å². The van der Waals surface area contributed by atoms with E-state index >= 15 is 0 Å². The molecule has 5 heteroatoms. The maximum absolute atomic E-state index is 12.9. The molecule has 0 saturated carbocycles. The predicted molar refractivity (Wildman–Crippen MR) is 98.7 cm³/mol. The first-order chi connectivity index (χ1) is 11.8. The Morgan fingerprint density at radius 2 is 1.80 bits per heavy atom. The number of carbonyl (C=O) groups excluding carboxylic acids is 1. The number of benzene rings is 1. The minimum absolute atomic E-state index is 0.0731. The third-order valence-corrected chi connectivity index (χ3v) is 4.93. The summed E-state index contributed by atoms with van der Waals surface area (Å²) in [6.45, 7) is 5.20. The van der Waals surface area contributed by atoms with Gasteiger partial charge in [-0.3, -0.25) is 9.59 Å². The largest absolute Gasteiger partial charge is 0.481 e. The van der Waals surface area contributed by atoms with E-state index in [0.717, 1.165) is 12.8 Å². The van der Waals surface area contributed by atoms with E-state index in [2.05, 4.69) is 18.7 Å². The number of nitrogens with zero attached hydrogens (tertiary/aromatic N) is 2. The molecule has 0 aromatic heterocycles. The van der Waals surface area contributed by atoms with Crippen LogP contribution in [-0.2, 0) is 11.2 Å². The van der Waals surface area contributed by atoms with Crippen LogP contribution in [-0.4, -0.2) is 60.0 Å². The first-order valence-electron chi connectivity index (χ1n) is 9.05. The van der Waals surface area contributed by atoms with E-state index in [0.29, 0.717) is 24.4 Å². The number of carboxylic acid groups (broad SMARTS) is 1. The molecule has 1 amide bonds. The summed E-state index contributed by atoms with van der Waals surface area (Å²) >= 11 is 0. The Hall–Kier alpha value is -1.88. The van der Waals surface area contributed by atoms with Crippen molar-refractivity contribution in [2.45, 2.75) is 39.2 Å². The van der Waals surface area contributed by atoms with Crippen LogP contribution in [0.2, 0.25) is 0 Å². The van der Waals surface area contributed by atoms with Crippen LogP contribution in [0.1, 0.15) is 42.6 Å². The summed E-state index contributed by atoms with van der Waals surface area (Å²) in [5, 5.41) is 9.43. The number of aliphatic carboxylic acids is 1. The zero-order chi connectivity index (χ0) is 18.6. The van der Waals surface area contributed by atoms with Crippen molar-refractivity contribution in [3.05, 3.63) is 35.4 Å². The van der Waals surface area contributed by atoms with Crippen molar-refractivity contribution in [1.82, 2.24) is 9.80 Å². The smallest absolute Gasteiger partial charge is 0.308 e. The highest BCUT2D eigenvalue weighted by molar-refractivity contribution is 5.94. The first kappa shape index (κ1) is 19.4. The molecule has 0 radical (unpaired) electrons. The molecule has 1 aromatic carbocycles. The molecule has 1 fully saturated rings. The quantitative estimate of drug-likeness (QED) is 0.890. The molecule has 1 saturated heterocycles. The topological polar surface area (TPSA) is 60.9 Å². The summed E-state index contributed by atoms with van der Waals surface area (Å²) in [5.74, 6) is -0.806. The Balaban J connectivity index is 2.17. The van der Waals surface area contributed by atoms with Crippen LogP contribution < -0.4 is 0 Å². The highest BCUT2D eigenvalue weighted by atomic mass is 16.4. The second-order valence-electron chi connectivity index (χ2n) is 7.73.